The van der Waals surface area contributed by atoms with Crippen LogP contribution in [0.25, 0.3) is 0 Å². The van der Waals surface area contributed by atoms with Crippen molar-refractivity contribution in [2.75, 3.05) is 0 Å². The van der Waals surface area contributed by atoms with Gasteiger partial charge >= 0.3 is 0 Å². The van der Waals surface area contributed by atoms with E-state index in [9.17, 15) is 4.79 Å². The Bertz CT molecular complexity index is 132. The first-order chi connectivity index (χ1) is 5.95. The number of carbonyl (C=O) groups excluding carboxylic acids is 1. The van der Waals surface area contributed by atoms with Crippen molar-refractivity contribution in [3.8, 4) is 0 Å². The van der Waals surface area contributed by atoms with Crippen LogP contribution < -0.4 is 5.73 Å². The van der Waals surface area contributed by atoms with E-state index in [1.165, 1.54) is 32.1 Å². The Balaban J connectivity index is 0.000000226. The predicted octanol–water partition coefficient (Wildman–Crippen LogP) is 2.51. The number of carbonyl (C=O) groups is 1. The standard InChI is InChI=1S/C6H13N.C5H10O/c7-6-4-2-1-3-5-6;1-5(2,3)4-6/h6H,1-5,7H2;4H,1-3H3. The fourth-order valence-electron chi connectivity index (χ4n) is 1.13. The lowest BCUT2D eigenvalue weighted by Gasteiger charge is -2.15. The lowest BCUT2D eigenvalue weighted by molar-refractivity contribution is -0.113. The average Bonchev–Trinajstić information content (AvgIpc) is 2.06. The van der Waals surface area contributed by atoms with E-state index < -0.39 is 0 Å². The fourth-order valence-corrected chi connectivity index (χ4v) is 1.13. The molecule has 0 aromatic heterocycles. The molecule has 0 saturated heterocycles. The van der Waals surface area contributed by atoms with Crippen molar-refractivity contribution in [1.82, 2.24) is 0 Å². The van der Waals surface area contributed by atoms with E-state index in [2.05, 4.69) is 0 Å². The molecule has 0 unspecified atom stereocenters. The zero-order valence-corrected chi connectivity index (χ0v) is 9.18. The Morgan fingerprint density at radius 3 is 1.69 bits per heavy atom. The van der Waals surface area contributed by atoms with Gasteiger partial charge in [-0.2, -0.15) is 0 Å². The highest BCUT2D eigenvalue weighted by Gasteiger charge is 2.06. The number of nitrogens with two attached hydrogens (primary N) is 1. The first-order valence-corrected chi connectivity index (χ1v) is 5.17. The summed E-state index contributed by atoms with van der Waals surface area (Å²) < 4.78 is 0. The summed E-state index contributed by atoms with van der Waals surface area (Å²) >= 11 is 0. The molecule has 0 aliphatic heterocycles. The third-order valence-electron chi connectivity index (χ3n) is 2.00. The minimum atomic E-state index is -0.139. The minimum absolute atomic E-state index is 0.139. The quantitative estimate of drug-likeness (QED) is 0.589. The van der Waals surface area contributed by atoms with Crippen molar-refractivity contribution < 1.29 is 4.79 Å². The molecule has 0 aromatic rings. The Kier molecular flexibility index (Phi) is 5.97. The monoisotopic (exact) mass is 185 g/mol. The van der Waals surface area contributed by atoms with Crippen LogP contribution in [0.4, 0.5) is 0 Å². The number of hydrogen-bond acceptors (Lipinski definition) is 2. The average molecular weight is 185 g/mol. The molecule has 2 nitrogen and oxygen atoms in total. The van der Waals surface area contributed by atoms with Crippen LogP contribution in [0.1, 0.15) is 52.9 Å². The molecule has 1 fully saturated rings. The van der Waals surface area contributed by atoms with Crippen LogP contribution in [-0.2, 0) is 4.79 Å². The normalized spacial score (nSPS) is 18.8. The summed E-state index contributed by atoms with van der Waals surface area (Å²) in [7, 11) is 0. The van der Waals surface area contributed by atoms with Crippen LogP contribution in [0.5, 0.6) is 0 Å². The molecule has 0 amide bonds. The van der Waals surface area contributed by atoms with Crippen molar-refractivity contribution in [3.05, 3.63) is 0 Å². The number of aldehydes is 1. The maximum absolute atomic E-state index is 9.83. The summed E-state index contributed by atoms with van der Waals surface area (Å²) in [6.07, 6.45) is 7.60. The summed E-state index contributed by atoms with van der Waals surface area (Å²) in [5.74, 6) is 0. The molecule has 1 rings (SSSR count). The molecule has 0 aromatic carbocycles. The van der Waals surface area contributed by atoms with E-state index in [4.69, 9.17) is 5.73 Å². The van der Waals surface area contributed by atoms with Gasteiger partial charge in [-0.3, -0.25) is 0 Å². The van der Waals surface area contributed by atoms with E-state index in [-0.39, 0.29) is 5.41 Å². The van der Waals surface area contributed by atoms with E-state index in [0.29, 0.717) is 6.04 Å². The molecule has 1 saturated carbocycles. The summed E-state index contributed by atoms with van der Waals surface area (Å²) in [4.78, 5) is 9.83. The van der Waals surface area contributed by atoms with Gasteiger partial charge in [0.25, 0.3) is 0 Å². The number of rotatable bonds is 0. The second-order valence-corrected chi connectivity index (χ2v) is 4.88. The van der Waals surface area contributed by atoms with Crippen LogP contribution in [0.3, 0.4) is 0 Å². The third-order valence-corrected chi connectivity index (χ3v) is 2.00. The molecule has 78 valence electrons. The van der Waals surface area contributed by atoms with Crippen LogP contribution >= 0.6 is 0 Å². The molecule has 13 heavy (non-hydrogen) atoms. The third kappa shape index (κ3) is 9.54. The molecule has 2 N–H and O–H groups in total. The molecular formula is C11H23NO. The van der Waals surface area contributed by atoms with Crippen molar-refractivity contribution in [3.63, 3.8) is 0 Å². The lowest BCUT2D eigenvalue weighted by Crippen LogP contribution is -2.22. The summed E-state index contributed by atoms with van der Waals surface area (Å²) in [6.45, 7) is 5.62. The molecule has 0 atom stereocenters. The topological polar surface area (TPSA) is 43.1 Å². The van der Waals surface area contributed by atoms with Gasteiger partial charge in [-0.05, 0) is 12.8 Å². The van der Waals surface area contributed by atoms with Crippen LogP contribution in [-0.4, -0.2) is 12.3 Å². The van der Waals surface area contributed by atoms with Gasteiger partial charge in [-0.25, -0.2) is 0 Å². The molecule has 1 aliphatic carbocycles. The van der Waals surface area contributed by atoms with Crippen LogP contribution in [0.2, 0.25) is 0 Å². The Labute approximate surface area is 81.9 Å². The van der Waals surface area contributed by atoms with Gasteiger partial charge in [0.15, 0.2) is 0 Å². The molecule has 0 heterocycles. The first-order valence-electron chi connectivity index (χ1n) is 5.17. The van der Waals surface area contributed by atoms with E-state index in [1.54, 1.807) is 0 Å². The minimum Gasteiger partial charge on any atom is -0.328 e. The molecule has 0 radical (unpaired) electrons. The van der Waals surface area contributed by atoms with Gasteiger partial charge in [0.1, 0.15) is 6.29 Å². The van der Waals surface area contributed by atoms with Crippen LogP contribution in [0.15, 0.2) is 0 Å². The molecule has 1 aliphatic rings. The Hall–Kier alpha value is -0.370. The van der Waals surface area contributed by atoms with Crippen molar-refractivity contribution in [2.45, 2.75) is 58.9 Å². The van der Waals surface area contributed by atoms with E-state index in [1.807, 2.05) is 20.8 Å². The van der Waals surface area contributed by atoms with Crippen molar-refractivity contribution in [1.29, 1.82) is 0 Å². The highest BCUT2D eigenvalue weighted by atomic mass is 16.1. The summed E-state index contributed by atoms with van der Waals surface area (Å²) in [6, 6.07) is 0.536. The van der Waals surface area contributed by atoms with Gasteiger partial charge in [-0.1, -0.05) is 40.0 Å². The zero-order valence-electron chi connectivity index (χ0n) is 9.18. The Morgan fingerprint density at radius 2 is 1.54 bits per heavy atom. The SMILES string of the molecule is CC(C)(C)C=O.NC1CCCCC1. The van der Waals surface area contributed by atoms with Crippen molar-refractivity contribution >= 4 is 6.29 Å². The van der Waals surface area contributed by atoms with Crippen molar-refractivity contribution in [2.24, 2.45) is 11.1 Å². The largest absolute Gasteiger partial charge is 0.328 e. The van der Waals surface area contributed by atoms with Gasteiger partial charge < -0.3 is 10.5 Å². The zero-order chi connectivity index (χ0) is 10.3. The van der Waals surface area contributed by atoms with Gasteiger partial charge in [-0.15, -0.1) is 0 Å². The lowest BCUT2D eigenvalue weighted by atomic mass is 9.97. The highest BCUT2D eigenvalue weighted by molar-refractivity contribution is 5.56. The predicted molar refractivity (Wildman–Crippen MR) is 56.6 cm³/mol. The van der Waals surface area contributed by atoms with E-state index >= 15 is 0 Å². The van der Waals surface area contributed by atoms with Gasteiger partial charge in [0.2, 0.25) is 0 Å². The Morgan fingerprint density at radius 1 is 1.15 bits per heavy atom. The molecule has 2 heteroatoms. The van der Waals surface area contributed by atoms with E-state index in [0.717, 1.165) is 6.29 Å². The van der Waals surface area contributed by atoms with Gasteiger partial charge in [0, 0.05) is 11.5 Å². The fraction of sp³-hybridized carbons (Fsp3) is 0.909. The summed E-state index contributed by atoms with van der Waals surface area (Å²) in [5.41, 5.74) is 5.50. The molecular weight excluding hydrogens is 162 g/mol. The molecule has 0 bridgehead atoms. The second kappa shape index (κ2) is 6.14. The maximum Gasteiger partial charge on any atom is 0.125 e. The number of hydrogen-bond donors (Lipinski definition) is 1. The smallest absolute Gasteiger partial charge is 0.125 e. The van der Waals surface area contributed by atoms with Gasteiger partial charge in [0.05, 0.1) is 0 Å². The maximum atomic E-state index is 9.83. The first kappa shape index (κ1) is 12.6. The highest BCUT2D eigenvalue weighted by Crippen LogP contribution is 2.14. The summed E-state index contributed by atoms with van der Waals surface area (Å²) in [5, 5.41) is 0. The second-order valence-electron chi connectivity index (χ2n) is 4.88. The van der Waals surface area contributed by atoms with Crippen LogP contribution in [0, 0.1) is 5.41 Å². The molecule has 0 spiro atoms.